The molecule has 1 atom stereocenters. The molecular weight excluding hydrogens is 436 g/mol. The number of nitrogens with zero attached hydrogens (tertiary/aromatic N) is 1. The summed E-state index contributed by atoms with van der Waals surface area (Å²) in [5.41, 5.74) is 0.856. The SMILES string of the molecule is COC(=O)[C@H](Cc1ccccc1)NS(=O)(=O)c1cc(N2C(=O)CCCC2=O)ccc1OC. The predicted molar refractivity (Wildman–Crippen MR) is 116 cm³/mol. The molecule has 32 heavy (non-hydrogen) atoms. The second kappa shape index (κ2) is 9.92. The first kappa shape index (κ1) is 23.4. The Morgan fingerprint density at radius 1 is 1.06 bits per heavy atom. The summed E-state index contributed by atoms with van der Waals surface area (Å²) in [6.45, 7) is 0. The molecule has 0 saturated carbocycles. The first-order valence-electron chi connectivity index (χ1n) is 9.94. The van der Waals surface area contributed by atoms with Crippen LogP contribution in [0.5, 0.6) is 5.75 Å². The van der Waals surface area contributed by atoms with Crippen LogP contribution in [0.25, 0.3) is 0 Å². The monoisotopic (exact) mass is 460 g/mol. The van der Waals surface area contributed by atoms with E-state index in [2.05, 4.69) is 4.72 Å². The zero-order chi connectivity index (χ0) is 23.3. The van der Waals surface area contributed by atoms with Crippen LogP contribution in [0.3, 0.4) is 0 Å². The second-order valence-electron chi connectivity index (χ2n) is 7.20. The lowest BCUT2D eigenvalue weighted by Gasteiger charge is -2.26. The average Bonchev–Trinajstić information content (AvgIpc) is 2.78. The van der Waals surface area contributed by atoms with Crippen molar-refractivity contribution in [2.24, 2.45) is 0 Å². The number of anilines is 1. The Morgan fingerprint density at radius 2 is 1.72 bits per heavy atom. The van der Waals surface area contributed by atoms with Gasteiger partial charge in [0.25, 0.3) is 0 Å². The van der Waals surface area contributed by atoms with Crippen molar-refractivity contribution in [1.29, 1.82) is 0 Å². The van der Waals surface area contributed by atoms with Crippen LogP contribution in [0.1, 0.15) is 24.8 Å². The molecule has 0 aromatic heterocycles. The predicted octanol–water partition coefficient (Wildman–Crippen LogP) is 1.80. The number of benzene rings is 2. The number of piperidine rings is 1. The van der Waals surface area contributed by atoms with Gasteiger partial charge in [0, 0.05) is 12.8 Å². The lowest BCUT2D eigenvalue weighted by Crippen LogP contribution is -2.43. The summed E-state index contributed by atoms with van der Waals surface area (Å²) in [6, 6.07) is 11.7. The highest BCUT2D eigenvalue weighted by atomic mass is 32.2. The van der Waals surface area contributed by atoms with E-state index >= 15 is 0 Å². The van der Waals surface area contributed by atoms with Crippen LogP contribution in [0.15, 0.2) is 53.4 Å². The largest absolute Gasteiger partial charge is 0.495 e. The van der Waals surface area contributed by atoms with Crippen molar-refractivity contribution in [2.45, 2.75) is 36.6 Å². The van der Waals surface area contributed by atoms with Gasteiger partial charge >= 0.3 is 5.97 Å². The van der Waals surface area contributed by atoms with Crippen LogP contribution in [-0.2, 0) is 35.6 Å². The second-order valence-corrected chi connectivity index (χ2v) is 8.88. The van der Waals surface area contributed by atoms with E-state index in [1.54, 1.807) is 30.3 Å². The Morgan fingerprint density at radius 3 is 2.31 bits per heavy atom. The first-order chi connectivity index (χ1) is 15.3. The number of amides is 2. The summed E-state index contributed by atoms with van der Waals surface area (Å²) in [6.07, 6.45) is 0.911. The number of carbonyl (C=O) groups excluding carboxylic acids is 3. The quantitative estimate of drug-likeness (QED) is 0.471. The van der Waals surface area contributed by atoms with Crippen molar-refractivity contribution in [3.05, 3.63) is 54.1 Å². The summed E-state index contributed by atoms with van der Waals surface area (Å²) < 4.78 is 38.8. The van der Waals surface area contributed by atoms with Gasteiger partial charge in [0.1, 0.15) is 16.7 Å². The number of hydrogen-bond acceptors (Lipinski definition) is 7. The van der Waals surface area contributed by atoms with Crippen LogP contribution in [0, 0.1) is 0 Å². The van der Waals surface area contributed by atoms with Crippen molar-refractivity contribution >= 4 is 33.5 Å². The summed E-state index contributed by atoms with van der Waals surface area (Å²) in [4.78, 5) is 37.5. The minimum atomic E-state index is -4.30. The highest BCUT2D eigenvalue weighted by Gasteiger charge is 2.32. The number of rotatable bonds is 8. The van der Waals surface area contributed by atoms with E-state index in [1.165, 1.54) is 32.4 Å². The Bertz CT molecular complexity index is 1100. The van der Waals surface area contributed by atoms with Gasteiger partial charge in [-0.3, -0.25) is 19.3 Å². The van der Waals surface area contributed by atoms with Gasteiger partial charge in [-0.05, 0) is 36.6 Å². The summed E-state index contributed by atoms with van der Waals surface area (Å²) >= 11 is 0. The third-order valence-electron chi connectivity index (χ3n) is 5.04. The molecule has 9 nitrogen and oxygen atoms in total. The van der Waals surface area contributed by atoms with E-state index in [0.29, 0.717) is 6.42 Å². The highest BCUT2D eigenvalue weighted by molar-refractivity contribution is 7.89. The number of methoxy groups -OCH3 is 2. The van der Waals surface area contributed by atoms with E-state index in [1.807, 2.05) is 0 Å². The van der Waals surface area contributed by atoms with Crippen LogP contribution >= 0.6 is 0 Å². The first-order valence-corrected chi connectivity index (χ1v) is 11.4. The lowest BCUT2D eigenvalue weighted by atomic mass is 10.1. The molecule has 0 bridgehead atoms. The molecule has 0 aliphatic carbocycles. The Labute approximate surface area is 186 Å². The molecule has 1 N–H and O–H groups in total. The van der Waals surface area contributed by atoms with Crippen molar-refractivity contribution in [2.75, 3.05) is 19.1 Å². The van der Waals surface area contributed by atoms with Crippen LogP contribution in [0.2, 0.25) is 0 Å². The molecule has 1 saturated heterocycles. The fourth-order valence-electron chi connectivity index (χ4n) is 3.47. The summed E-state index contributed by atoms with van der Waals surface area (Å²) in [5, 5.41) is 0. The average molecular weight is 461 g/mol. The minimum Gasteiger partial charge on any atom is -0.495 e. The van der Waals surface area contributed by atoms with Gasteiger partial charge in [-0.2, -0.15) is 4.72 Å². The molecule has 170 valence electrons. The molecule has 0 spiro atoms. The number of carbonyl (C=O) groups is 3. The van der Waals surface area contributed by atoms with E-state index in [9.17, 15) is 22.8 Å². The zero-order valence-electron chi connectivity index (χ0n) is 17.7. The fraction of sp³-hybridized carbons (Fsp3) is 0.318. The van der Waals surface area contributed by atoms with Gasteiger partial charge in [-0.25, -0.2) is 8.42 Å². The van der Waals surface area contributed by atoms with Gasteiger partial charge in [0.15, 0.2) is 0 Å². The minimum absolute atomic E-state index is 0.00137. The smallest absolute Gasteiger partial charge is 0.324 e. The molecule has 2 aromatic carbocycles. The molecule has 1 fully saturated rings. The highest BCUT2D eigenvalue weighted by Crippen LogP contribution is 2.31. The van der Waals surface area contributed by atoms with Gasteiger partial charge < -0.3 is 9.47 Å². The van der Waals surface area contributed by atoms with Crippen molar-refractivity contribution in [1.82, 2.24) is 4.72 Å². The Kier molecular flexibility index (Phi) is 7.26. The third-order valence-corrected chi connectivity index (χ3v) is 6.53. The van der Waals surface area contributed by atoms with E-state index < -0.39 is 33.8 Å². The molecule has 0 unspecified atom stereocenters. The molecule has 2 amide bonds. The molecule has 0 radical (unpaired) electrons. The molecule has 2 aromatic rings. The number of imide groups is 1. The topological polar surface area (TPSA) is 119 Å². The molecular formula is C22H24N2O7S. The molecule has 1 aliphatic heterocycles. The normalized spacial score (nSPS) is 15.4. The van der Waals surface area contributed by atoms with Crippen LogP contribution in [0.4, 0.5) is 5.69 Å². The maximum Gasteiger partial charge on any atom is 0.324 e. The van der Waals surface area contributed by atoms with Crippen molar-refractivity contribution < 1.29 is 32.3 Å². The van der Waals surface area contributed by atoms with Crippen LogP contribution < -0.4 is 14.4 Å². The van der Waals surface area contributed by atoms with Gasteiger partial charge in [0.05, 0.1) is 19.9 Å². The standard InChI is InChI=1S/C22H24N2O7S/c1-30-18-12-11-16(24-20(25)9-6-10-21(24)26)14-19(18)32(28,29)23-17(22(27)31-2)13-15-7-4-3-5-8-15/h3-5,7-8,11-12,14,17,23H,6,9-10,13H2,1-2H3/t17-/m0/s1. The third kappa shape index (κ3) is 5.14. The fourth-order valence-corrected chi connectivity index (χ4v) is 4.85. The number of sulfonamides is 1. The maximum atomic E-state index is 13.2. The molecule has 10 heteroatoms. The van der Waals surface area contributed by atoms with E-state index in [0.717, 1.165) is 10.5 Å². The number of ether oxygens (including phenoxy) is 2. The number of hydrogen-bond donors (Lipinski definition) is 1. The van der Waals surface area contributed by atoms with Crippen LogP contribution in [-0.4, -0.2) is 46.5 Å². The molecule has 1 heterocycles. The van der Waals surface area contributed by atoms with E-state index in [4.69, 9.17) is 9.47 Å². The van der Waals surface area contributed by atoms with Gasteiger partial charge in [-0.1, -0.05) is 30.3 Å². The lowest BCUT2D eigenvalue weighted by molar-refractivity contribution is -0.142. The number of esters is 1. The summed E-state index contributed by atoms with van der Waals surface area (Å²) in [7, 11) is -1.83. The Hall–Kier alpha value is -3.24. The maximum absolute atomic E-state index is 13.2. The number of nitrogens with one attached hydrogen (secondary N) is 1. The molecule has 3 rings (SSSR count). The van der Waals surface area contributed by atoms with Gasteiger partial charge in [-0.15, -0.1) is 0 Å². The molecule has 1 aliphatic rings. The van der Waals surface area contributed by atoms with E-state index in [-0.39, 0.29) is 35.6 Å². The van der Waals surface area contributed by atoms with Crippen molar-refractivity contribution in [3.8, 4) is 5.75 Å². The van der Waals surface area contributed by atoms with Crippen molar-refractivity contribution in [3.63, 3.8) is 0 Å². The summed E-state index contributed by atoms with van der Waals surface area (Å²) in [5.74, 6) is -1.56. The Balaban J connectivity index is 1.97. The zero-order valence-corrected chi connectivity index (χ0v) is 18.6. The van der Waals surface area contributed by atoms with Gasteiger partial charge in [0.2, 0.25) is 21.8 Å².